The highest BCUT2D eigenvalue weighted by atomic mass is 32.2. The fraction of sp³-hybridized carbons (Fsp3) is 0.269. The lowest BCUT2D eigenvalue weighted by Crippen LogP contribution is -2.40. The molecular weight excluding hydrogens is 448 g/mol. The van der Waals surface area contributed by atoms with Crippen LogP contribution in [0.4, 0.5) is 0 Å². The summed E-state index contributed by atoms with van der Waals surface area (Å²) in [7, 11) is 1.64. The SMILES string of the molecule is COc1cccc(-c2nnc(SC(C)C(=O)N3CCc4ccccc4C3)n2Cc2ccco2)c1. The number of carbonyl (C=O) groups excluding carboxylic acids is 1. The summed E-state index contributed by atoms with van der Waals surface area (Å²) >= 11 is 1.43. The lowest BCUT2D eigenvalue weighted by molar-refractivity contribution is -0.131. The monoisotopic (exact) mass is 474 g/mol. The van der Waals surface area contributed by atoms with Crippen LogP contribution >= 0.6 is 11.8 Å². The molecule has 1 unspecified atom stereocenters. The van der Waals surface area contributed by atoms with Gasteiger partial charge >= 0.3 is 0 Å². The predicted molar refractivity (Wildman–Crippen MR) is 131 cm³/mol. The molecule has 2 aromatic carbocycles. The van der Waals surface area contributed by atoms with Gasteiger partial charge < -0.3 is 14.1 Å². The van der Waals surface area contributed by atoms with Crippen molar-refractivity contribution in [3.05, 3.63) is 83.8 Å². The van der Waals surface area contributed by atoms with E-state index in [0.29, 0.717) is 24.1 Å². The number of hydrogen-bond acceptors (Lipinski definition) is 6. The molecule has 4 aromatic rings. The van der Waals surface area contributed by atoms with Gasteiger partial charge in [0.25, 0.3) is 0 Å². The molecule has 1 aliphatic heterocycles. The van der Waals surface area contributed by atoms with E-state index in [1.807, 2.05) is 58.9 Å². The van der Waals surface area contributed by atoms with E-state index < -0.39 is 0 Å². The smallest absolute Gasteiger partial charge is 0.236 e. The molecule has 1 amide bonds. The van der Waals surface area contributed by atoms with E-state index >= 15 is 0 Å². The third-order valence-electron chi connectivity index (χ3n) is 6.01. The number of ether oxygens (including phenoxy) is 1. The number of thioether (sulfide) groups is 1. The lowest BCUT2D eigenvalue weighted by atomic mass is 10.00. The van der Waals surface area contributed by atoms with Crippen LogP contribution in [0.15, 0.2) is 76.5 Å². The molecule has 174 valence electrons. The molecule has 0 aliphatic carbocycles. The van der Waals surface area contributed by atoms with Crippen molar-refractivity contribution in [1.29, 1.82) is 0 Å². The number of amides is 1. The summed E-state index contributed by atoms with van der Waals surface area (Å²) < 4.78 is 13.0. The number of benzene rings is 2. The third kappa shape index (κ3) is 4.59. The van der Waals surface area contributed by atoms with E-state index in [0.717, 1.165) is 30.0 Å². The van der Waals surface area contributed by atoms with Gasteiger partial charge in [0.1, 0.15) is 11.5 Å². The average Bonchev–Trinajstić information content (AvgIpc) is 3.54. The zero-order chi connectivity index (χ0) is 23.5. The van der Waals surface area contributed by atoms with E-state index in [1.54, 1.807) is 13.4 Å². The highest BCUT2D eigenvalue weighted by molar-refractivity contribution is 8.00. The van der Waals surface area contributed by atoms with Crippen LogP contribution in [0.3, 0.4) is 0 Å². The first-order valence-corrected chi connectivity index (χ1v) is 12.1. The molecule has 2 aromatic heterocycles. The van der Waals surface area contributed by atoms with Crippen molar-refractivity contribution < 1.29 is 13.9 Å². The number of furan rings is 1. The molecule has 0 fully saturated rings. The summed E-state index contributed by atoms with van der Waals surface area (Å²) in [5.41, 5.74) is 3.44. The molecule has 5 rings (SSSR count). The summed E-state index contributed by atoms with van der Waals surface area (Å²) in [6.45, 7) is 3.78. The van der Waals surface area contributed by atoms with E-state index in [1.165, 1.54) is 22.9 Å². The number of aromatic nitrogens is 3. The van der Waals surface area contributed by atoms with Gasteiger partial charge in [-0.2, -0.15) is 0 Å². The fourth-order valence-corrected chi connectivity index (χ4v) is 5.13. The summed E-state index contributed by atoms with van der Waals surface area (Å²) in [6, 6.07) is 19.8. The van der Waals surface area contributed by atoms with Gasteiger partial charge in [0, 0.05) is 18.7 Å². The van der Waals surface area contributed by atoms with Crippen LogP contribution < -0.4 is 4.74 Å². The number of carbonyl (C=O) groups is 1. The van der Waals surface area contributed by atoms with Gasteiger partial charge in [-0.05, 0) is 48.7 Å². The summed E-state index contributed by atoms with van der Waals surface area (Å²) in [4.78, 5) is 15.3. The maximum absolute atomic E-state index is 13.3. The summed E-state index contributed by atoms with van der Waals surface area (Å²) in [5.74, 6) is 2.34. The molecule has 0 saturated heterocycles. The van der Waals surface area contributed by atoms with Crippen LogP contribution in [0.1, 0.15) is 23.8 Å². The van der Waals surface area contributed by atoms with E-state index in [9.17, 15) is 4.79 Å². The number of hydrogen-bond donors (Lipinski definition) is 0. The van der Waals surface area contributed by atoms with Gasteiger partial charge in [-0.1, -0.05) is 48.2 Å². The minimum Gasteiger partial charge on any atom is -0.497 e. The van der Waals surface area contributed by atoms with Crippen molar-refractivity contribution >= 4 is 17.7 Å². The zero-order valence-electron chi connectivity index (χ0n) is 19.2. The van der Waals surface area contributed by atoms with E-state index in [4.69, 9.17) is 9.15 Å². The van der Waals surface area contributed by atoms with Gasteiger partial charge in [-0.3, -0.25) is 9.36 Å². The van der Waals surface area contributed by atoms with Gasteiger partial charge in [0.05, 0.1) is 25.2 Å². The molecule has 1 aliphatic rings. The van der Waals surface area contributed by atoms with Gasteiger partial charge in [-0.15, -0.1) is 10.2 Å². The first kappa shape index (κ1) is 22.3. The maximum atomic E-state index is 13.3. The molecule has 0 spiro atoms. The van der Waals surface area contributed by atoms with Crippen molar-refractivity contribution in [3.8, 4) is 17.1 Å². The lowest BCUT2D eigenvalue weighted by Gasteiger charge is -2.30. The van der Waals surface area contributed by atoms with Crippen LogP contribution in [0, 0.1) is 0 Å². The summed E-state index contributed by atoms with van der Waals surface area (Å²) in [6.07, 6.45) is 2.53. The molecular formula is C26H26N4O3S. The minimum atomic E-state index is -0.303. The first-order chi connectivity index (χ1) is 16.6. The molecule has 0 radical (unpaired) electrons. The highest BCUT2D eigenvalue weighted by Crippen LogP contribution is 2.31. The second-order valence-corrected chi connectivity index (χ2v) is 9.55. The Bertz CT molecular complexity index is 1280. The molecule has 7 nitrogen and oxygen atoms in total. The predicted octanol–water partition coefficient (Wildman–Crippen LogP) is 4.66. The van der Waals surface area contributed by atoms with Crippen LogP contribution in [0.2, 0.25) is 0 Å². The standard InChI is InChI=1S/C26H26N4O3S/c1-18(25(31)29-13-12-19-7-3-4-8-21(19)16-29)34-26-28-27-24(20-9-5-10-22(15-20)32-2)30(26)17-23-11-6-14-33-23/h3-11,14-15,18H,12-13,16-17H2,1-2H3. The molecule has 34 heavy (non-hydrogen) atoms. The minimum absolute atomic E-state index is 0.106. The van der Waals surface area contributed by atoms with E-state index in [-0.39, 0.29) is 11.2 Å². The fourth-order valence-electron chi connectivity index (χ4n) is 4.20. The topological polar surface area (TPSA) is 73.4 Å². The molecule has 0 N–H and O–H groups in total. The molecule has 3 heterocycles. The summed E-state index contributed by atoms with van der Waals surface area (Å²) in [5, 5.41) is 9.29. The van der Waals surface area contributed by atoms with Crippen LogP contribution in [-0.2, 0) is 24.3 Å². The van der Waals surface area contributed by atoms with Gasteiger partial charge in [0.2, 0.25) is 5.91 Å². The molecule has 8 heteroatoms. The Morgan fingerprint density at radius 2 is 1.97 bits per heavy atom. The maximum Gasteiger partial charge on any atom is 0.236 e. The van der Waals surface area contributed by atoms with Gasteiger partial charge in [0.15, 0.2) is 11.0 Å². The van der Waals surface area contributed by atoms with Crippen molar-refractivity contribution in [2.24, 2.45) is 0 Å². The third-order valence-corrected chi connectivity index (χ3v) is 7.08. The van der Waals surface area contributed by atoms with Crippen LogP contribution in [0.5, 0.6) is 5.75 Å². The quantitative estimate of drug-likeness (QED) is 0.363. The van der Waals surface area contributed by atoms with Crippen molar-refractivity contribution in [2.75, 3.05) is 13.7 Å². The Labute approximate surface area is 202 Å². The Hall–Kier alpha value is -3.52. The number of fused-ring (bicyclic) bond motifs is 1. The first-order valence-electron chi connectivity index (χ1n) is 11.2. The Balaban J connectivity index is 1.39. The number of rotatable bonds is 7. The normalized spacial score (nSPS) is 14.0. The average molecular weight is 475 g/mol. The van der Waals surface area contributed by atoms with Crippen LogP contribution in [0.25, 0.3) is 11.4 Å². The molecule has 0 bridgehead atoms. The van der Waals surface area contributed by atoms with Crippen LogP contribution in [-0.4, -0.2) is 44.5 Å². The zero-order valence-corrected chi connectivity index (χ0v) is 20.0. The van der Waals surface area contributed by atoms with Crippen molar-refractivity contribution in [2.45, 2.75) is 36.8 Å². The van der Waals surface area contributed by atoms with Gasteiger partial charge in [-0.25, -0.2) is 0 Å². The molecule has 1 atom stereocenters. The second kappa shape index (κ2) is 9.77. The van der Waals surface area contributed by atoms with Crippen molar-refractivity contribution in [1.82, 2.24) is 19.7 Å². The van der Waals surface area contributed by atoms with Crippen molar-refractivity contribution in [3.63, 3.8) is 0 Å². The number of methoxy groups -OCH3 is 1. The molecule has 0 saturated carbocycles. The Kier molecular flexibility index (Phi) is 6.40. The Morgan fingerprint density at radius 1 is 1.12 bits per heavy atom. The largest absolute Gasteiger partial charge is 0.497 e. The highest BCUT2D eigenvalue weighted by Gasteiger charge is 2.27. The Morgan fingerprint density at radius 3 is 2.76 bits per heavy atom. The van der Waals surface area contributed by atoms with E-state index in [2.05, 4.69) is 28.4 Å². The number of nitrogens with zero attached hydrogens (tertiary/aromatic N) is 4. The second-order valence-electron chi connectivity index (χ2n) is 8.24.